The molecule has 1 aromatic carbocycles. The zero-order chi connectivity index (χ0) is 11.5. The van der Waals surface area contributed by atoms with Crippen LogP contribution in [0.5, 0.6) is 0 Å². The molecule has 1 unspecified atom stereocenters. The minimum Gasteiger partial charge on any atom is -0.296 e. The molecule has 1 aliphatic heterocycles. The highest BCUT2D eigenvalue weighted by Gasteiger charge is 2.26. The summed E-state index contributed by atoms with van der Waals surface area (Å²) in [5, 5.41) is 0. The Kier molecular flexibility index (Phi) is 4.04. The van der Waals surface area contributed by atoms with Gasteiger partial charge in [0.1, 0.15) is 0 Å². The molecule has 2 heteroatoms. The van der Waals surface area contributed by atoms with Crippen molar-refractivity contribution in [2.45, 2.75) is 39.3 Å². The highest BCUT2D eigenvalue weighted by molar-refractivity contribution is 9.10. The fourth-order valence-corrected chi connectivity index (χ4v) is 3.12. The van der Waals surface area contributed by atoms with Crippen LogP contribution in [-0.2, 0) is 6.54 Å². The maximum atomic E-state index is 3.54. The molecule has 0 spiro atoms. The standard InChI is InChI=1S/C14H20BrN/c1-11(2)14-7-4-8-16(14)10-12-5-3-6-13(15)9-12/h3,5-6,9,11,14H,4,7-8,10H2,1-2H3. The van der Waals surface area contributed by atoms with Gasteiger partial charge < -0.3 is 0 Å². The van der Waals surface area contributed by atoms with E-state index >= 15 is 0 Å². The first-order valence-electron chi connectivity index (χ1n) is 6.15. The van der Waals surface area contributed by atoms with E-state index in [-0.39, 0.29) is 0 Å². The van der Waals surface area contributed by atoms with Crippen LogP contribution in [0.25, 0.3) is 0 Å². The van der Waals surface area contributed by atoms with Crippen molar-refractivity contribution >= 4 is 15.9 Å². The van der Waals surface area contributed by atoms with E-state index in [0.29, 0.717) is 0 Å². The van der Waals surface area contributed by atoms with Gasteiger partial charge in [-0.15, -0.1) is 0 Å². The van der Waals surface area contributed by atoms with E-state index in [1.807, 2.05) is 0 Å². The summed E-state index contributed by atoms with van der Waals surface area (Å²) < 4.78 is 1.19. The van der Waals surface area contributed by atoms with Crippen LogP contribution in [0.4, 0.5) is 0 Å². The zero-order valence-corrected chi connectivity index (χ0v) is 11.7. The fourth-order valence-electron chi connectivity index (χ4n) is 2.67. The second-order valence-electron chi connectivity index (χ2n) is 5.05. The minimum atomic E-state index is 0.773. The van der Waals surface area contributed by atoms with Gasteiger partial charge in [-0.2, -0.15) is 0 Å². The summed E-state index contributed by atoms with van der Waals surface area (Å²) in [5.41, 5.74) is 1.42. The summed E-state index contributed by atoms with van der Waals surface area (Å²) in [5.74, 6) is 0.773. The first-order valence-corrected chi connectivity index (χ1v) is 6.94. The van der Waals surface area contributed by atoms with Gasteiger partial charge in [0.05, 0.1) is 0 Å². The van der Waals surface area contributed by atoms with Gasteiger partial charge >= 0.3 is 0 Å². The fraction of sp³-hybridized carbons (Fsp3) is 0.571. The van der Waals surface area contributed by atoms with Crippen LogP contribution in [0.3, 0.4) is 0 Å². The summed E-state index contributed by atoms with van der Waals surface area (Å²) in [6.45, 7) is 7.03. The molecular weight excluding hydrogens is 262 g/mol. The van der Waals surface area contributed by atoms with Gasteiger partial charge in [-0.05, 0) is 43.0 Å². The van der Waals surface area contributed by atoms with Crippen molar-refractivity contribution < 1.29 is 0 Å². The first kappa shape index (κ1) is 12.1. The lowest BCUT2D eigenvalue weighted by molar-refractivity contribution is 0.199. The van der Waals surface area contributed by atoms with Crippen LogP contribution in [-0.4, -0.2) is 17.5 Å². The molecule has 1 atom stereocenters. The predicted molar refractivity (Wildman–Crippen MR) is 72.4 cm³/mol. The molecule has 16 heavy (non-hydrogen) atoms. The van der Waals surface area contributed by atoms with E-state index in [2.05, 4.69) is 58.9 Å². The summed E-state index contributed by atoms with van der Waals surface area (Å²) in [6, 6.07) is 9.45. The molecule has 1 aliphatic rings. The summed E-state index contributed by atoms with van der Waals surface area (Å²) in [6.07, 6.45) is 2.72. The van der Waals surface area contributed by atoms with Gasteiger partial charge in [0.15, 0.2) is 0 Å². The van der Waals surface area contributed by atoms with Crippen molar-refractivity contribution in [1.82, 2.24) is 4.90 Å². The van der Waals surface area contributed by atoms with Gasteiger partial charge in [-0.25, -0.2) is 0 Å². The Morgan fingerprint density at radius 2 is 2.25 bits per heavy atom. The molecule has 0 amide bonds. The van der Waals surface area contributed by atoms with E-state index in [1.165, 1.54) is 29.4 Å². The second-order valence-corrected chi connectivity index (χ2v) is 5.97. The summed E-state index contributed by atoms with van der Waals surface area (Å²) in [7, 11) is 0. The Morgan fingerprint density at radius 3 is 2.94 bits per heavy atom. The van der Waals surface area contributed by atoms with Crippen LogP contribution in [0.1, 0.15) is 32.3 Å². The lowest BCUT2D eigenvalue weighted by Crippen LogP contribution is -2.32. The molecule has 1 heterocycles. The monoisotopic (exact) mass is 281 g/mol. The molecule has 1 fully saturated rings. The van der Waals surface area contributed by atoms with Crippen LogP contribution < -0.4 is 0 Å². The van der Waals surface area contributed by atoms with Crippen molar-refractivity contribution in [3.8, 4) is 0 Å². The quantitative estimate of drug-likeness (QED) is 0.807. The molecule has 1 aromatic rings. The molecular formula is C14H20BrN. The van der Waals surface area contributed by atoms with Crippen molar-refractivity contribution in [1.29, 1.82) is 0 Å². The molecule has 0 saturated carbocycles. The number of rotatable bonds is 3. The van der Waals surface area contributed by atoms with E-state index in [0.717, 1.165) is 18.5 Å². The number of halogens is 1. The molecule has 88 valence electrons. The third kappa shape index (κ3) is 2.86. The molecule has 0 N–H and O–H groups in total. The molecule has 0 aliphatic carbocycles. The third-order valence-corrected chi connectivity index (χ3v) is 3.95. The Labute approximate surface area is 107 Å². The normalized spacial score (nSPS) is 21.9. The molecule has 1 saturated heterocycles. The number of hydrogen-bond donors (Lipinski definition) is 0. The van der Waals surface area contributed by atoms with Crippen LogP contribution in [0.2, 0.25) is 0 Å². The average molecular weight is 282 g/mol. The molecule has 0 aromatic heterocycles. The van der Waals surface area contributed by atoms with Gasteiger partial charge in [0.2, 0.25) is 0 Å². The van der Waals surface area contributed by atoms with Gasteiger partial charge in [0.25, 0.3) is 0 Å². The number of benzene rings is 1. The number of likely N-dealkylation sites (tertiary alicyclic amines) is 1. The maximum absolute atomic E-state index is 3.54. The van der Waals surface area contributed by atoms with Crippen molar-refractivity contribution in [2.24, 2.45) is 5.92 Å². The highest BCUT2D eigenvalue weighted by Crippen LogP contribution is 2.26. The molecule has 0 radical (unpaired) electrons. The van der Waals surface area contributed by atoms with E-state index < -0.39 is 0 Å². The first-order chi connectivity index (χ1) is 7.66. The van der Waals surface area contributed by atoms with Crippen LogP contribution >= 0.6 is 15.9 Å². The zero-order valence-electron chi connectivity index (χ0n) is 10.1. The third-order valence-electron chi connectivity index (χ3n) is 3.46. The minimum absolute atomic E-state index is 0.773. The highest BCUT2D eigenvalue weighted by atomic mass is 79.9. The maximum Gasteiger partial charge on any atom is 0.0237 e. The lowest BCUT2D eigenvalue weighted by Gasteiger charge is -2.27. The molecule has 2 rings (SSSR count). The number of nitrogens with zero attached hydrogens (tertiary/aromatic N) is 1. The van der Waals surface area contributed by atoms with Gasteiger partial charge in [-0.1, -0.05) is 41.9 Å². The lowest BCUT2D eigenvalue weighted by atomic mass is 10.0. The van der Waals surface area contributed by atoms with Crippen molar-refractivity contribution in [3.05, 3.63) is 34.3 Å². The summed E-state index contributed by atoms with van der Waals surface area (Å²) in [4.78, 5) is 2.63. The Morgan fingerprint density at radius 1 is 1.44 bits per heavy atom. The smallest absolute Gasteiger partial charge is 0.0237 e. The van der Waals surface area contributed by atoms with Crippen LogP contribution in [0, 0.1) is 5.92 Å². The number of hydrogen-bond acceptors (Lipinski definition) is 1. The van der Waals surface area contributed by atoms with Crippen molar-refractivity contribution in [3.63, 3.8) is 0 Å². The largest absolute Gasteiger partial charge is 0.296 e. The predicted octanol–water partition coefficient (Wildman–Crippen LogP) is 4.07. The average Bonchev–Trinajstić information content (AvgIpc) is 2.66. The molecule has 1 nitrogen and oxygen atoms in total. The Balaban J connectivity index is 2.04. The van der Waals surface area contributed by atoms with E-state index in [1.54, 1.807) is 0 Å². The van der Waals surface area contributed by atoms with Gasteiger partial charge in [-0.3, -0.25) is 4.90 Å². The Hall–Kier alpha value is -0.340. The van der Waals surface area contributed by atoms with E-state index in [4.69, 9.17) is 0 Å². The summed E-state index contributed by atoms with van der Waals surface area (Å²) >= 11 is 3.54. The van der Waals surface area contributed by atoms with Gasteiger partial charge in [0, 0.05) is 17.1 Å². The van der Waals surface area contributed by atoms with E-state index in [9.17, 15) is 0 Å². The topological polar surface area (TPSA) is 3.24 Å². The second kappa shape index (κ2) is 5.33. The van der Waals surface area contributed by atoms with Crippen LogP contribution in [0.15, 0.2) is 28.7 Å². The molecule has 0 bridgehead atoms. The Bertz CT molecular complexity index is 348. The SMILES string of the molecule is CC(C)C1CCCN1Cc1cccc(Br)c1. The van der Waals surface area contributed by atoms with Crippen molar-refractivity contribution in [2.75, 3.05) is 6.54 Å².